The predicted octanol–water partition coefficient (Wildman–Crippen LogP) is 1.53. The number of ether oxygens (including phenoxy) is 1. The van der Waals surface area contributed by atoms with Crippen molar-refractivity contribution in [1.82, 2.24) is 4.90 Å². The average Bonchev–Trinajstić information content (AvgIpc) is 2.56. The van der Waals surface area contributed by atoms with E-state index < -0.39 is 5.54 Å². The summed E-state index contributed by atoms with van der Waals surface area (Å²) in [7, 11) is 1.39. The molecule has 4 nitrogen and oxygen atoms in total. The van der Waals surface area contributed by atoms with Gasteiger partial charge in [0.15, 0.2) is 0 Å². The molecule has 0 aromatic carbocycles. The van der Waals surface area contributed by atoms with E-state index in [4.69, 9.17) is 10.5 Å². The highest BCUT2D eigenvalue weighted by Crippen LogP contribution is 2.32. The van der Waals surface area contributed by atoms with Crippen molar-refractivity contribution in [3.05, 3.63) is 0 Å². The highest BCUT2D eigenvalue weighted by Gasteiger charge is 2.39. The number of likely N-dealkylation sites (tertiary alicyclic amines) is 1. The smallest absolute Gasteiger partial charge is 0.325 e. The minimum absolute atomic E-state index is 0.214. The first-order valence-corrected chi connectivity index (χ1v) is 6.35. The van der Waals surface area contributed by atoms with Crippen molar-refractivity contribution in [2.45, 2.75) is 64.1 Å². The summed E-state index contributed by atoms with van der Waals surface area (Å²) in [6, 6.07) is 0.293. The molecular formula is C13H26N2O2. The first-order chi connectivity index (χ1) is 7.70. The van der Waals surface area contributed by atoms with Crippen LogP contribution in [0.4, 0.5) is 0 Å². The van der Waals surface area contributed by atoms with E-state index in [0.29, 0.717) is 12.5 Å². The van der Waals surface area contributed by atoms with Crippen LogP contribution in [0.15, 0.2) is 0 Å². The second kappa shape index (κ2) is 4.94. The van der Waals surface area contributed by atoms with Crippen molar-refractivity contribution < 1.29 is 9.53 Å². The minimum atomic E-state index is -0.896. The molecule has 4 heteroatoms. The molecule has 1 rings (SSSR count). The summed E-state index contributed by atoms with van der Waals surface area (Å²) in [6.07, 6.45) is 3.05. The van der Waals surface area contributed by atoms with Crippen molar-refractivity contribution in [3.63, 3.8) is 0 Å². The van der Waals surface area contributed by atoms with Crippen molar-refractivity contribution in [2.24, 2.45) is 5.73 Å². The fraction of sp³-hybridized carbons (Fsp3) is 0.923. The highest BCUT2D eigenvalue weighted by molar-refractivity contribution is 5.79. The van der Waals surface area contributed by atoms with E-state index in [-0.39, 0.29) is 11.5 Å². The maximum absolute atomic E-state index is 11.6. The molecule has 0 bridgehead atoms. The third-order valence-corrected chi connectivity index (χ3v) is 3.87. The summed E-state index contributed by atoms with van der Waals surface area (Å²) in [5, 5.41) is 0. The number of rotatable bonds is 4. The van der Waals surface area contributed by atoms with Crippen LogP contribution < -0.4 is 5.73 Å². The van der Waals surface area contributed by atoms with E-state index >= 15 is 0 Å². The Labute approximate surface area is 104 Å². The third kappa shape index (κ3) is 3.19. The van der Waals surface area contributed by atoms with E-state index in [1.165, 1.54) is 20.0 Å². The van der Waals surface area contributed by atoms with Crippen LogP contribution in [0.2, 0.25) is 0 Å². The Bertz CT molecular complexity index is 287. The monoisotopic (exact) mass is 242 g/mol. The van der Waals surface area contributed by atoms with Crippen LogP contribution in [0.3, 0.4) is 0 Å². The number of carbonyl (C=O) groups is 1. The number of carbonyl (C=O) groups excluding carboxylic acids is 1. The number of nitrogens with two attached hydrogens (primary N) is 1. The molecule has 0 aromatic heterocycles. The van der Waals surface area contributed by atoms with E-state index in [0.717, 1.165) is 6.54 Å². The molecule has 1 heterocycles. The van der Waals surface area contributed by atoms with E-state index in [2.05, 4.69) is 25.7 Å². The molecule has 2 N–H and O–H groups in total. The third-order valence-electron chi connectivity index (χ3n) is 3.87. The molecule has 100 valence electrons. The Morgan fingerprint density at radius 2 is 2.18 bits per heavy atom. The van der Waals surface area contributed by atoms with E-state index in [9.17, 15) is 4.79 Å². The van der Waals surface area contributed by atoms with Crippen LogP contribution in [0.1, 0.15) is 47.0 Å². The van der Waals surface area contributed by atoms with Crippen LogP contribution in [-0.4, -0.2) is 41.6 Å². The Kier molecular flexibility index (Phi) is 4.20. The van der Waals surface area contributed by atoms with Crippen molar-refractivity contribution in [3.8, 4) is 0 Å². The SMILES string of the molecule is COC(=O)C(C)(N)CC(C)N1CCCC1(C)C. The van der Waals surface area contributed by atoms with Crippen LogP contribution in [0.5, 0.6) is 0 Å². The maximum atomic E-state index is 11.6. The topological polar surface area (TPSA) is 55.6 Å². The van der Waals surface area contributed by atoms with E-state index in [1.54, 1.807) is 6.92 Å². The molecule has 2 unspecified atom stereocenters. The minimum Gasteiger partial charge on any atom is -0.468 e. The van der Waals surface area contributed by atoms with Crippen LogP contribution in [-0.2, 0) is 9.53 Å². The molecule has 0 spiro atoms. The van der Waals surface area contributed by atoms with Crippen LogP contribution in [0.25, 0.3) is 0 Å². The molecule has 0 radical (unpaired) electrons. The number of hydrogen-bond donors (Lipinski definition) is 1. The fourth-order valence-electron chi connectivity index (χ4n) is 2.99. The van der Waals surface area contributed by atoms with Gasteiger partial charge >= 0.3 is 5.97 Å². The second-order valence-corrected chi connectivity index (χ2v) is 6.07. The summed E-state index contributed by atoms with van der Waals surface area (Å²) in [5.41, 5.74) is 5.34. The summed E-state index contributed by atoms with van der Waals surface area (Å²) in [4.78, 5) is 14.0. The van der Waals surface area contributed by atoms with Gasteiger partial charge in [-0.3, -0.25) is 9.69 Å². The Morgan fingerprint density at radius 3 is 2.59 bits per heavy atom. The van der Waals surface area contributed by atoms with Crippen LogP contribution >= 0.6 is 0 Å². The largest absolute Gasteiger partial charge is 0.468 e. The first kappa shape index (κ1) is 14.5. The summed E-state index contributed by atoms with van der Waals surface area (Å²) in [5.74, 6) is -0.332. The average molecular weight is 242 g/mol. The van der Waals surface area contributed by atoms with Gasteiger partial charge in [-0.15, -0.1) is 0 Å². The molecule has 1 aliphatic rings. The molecule has 0 amide bonds. The number of methoxy groups -OCH3 is 1. The van der Waals surface area contributed by atoms with Crippen LogP contribution in [0, 0.1) is 0 Å². The zero-order valence-corrected chi connectivity index (χ0v) is 11.7. The lowest BCUT2D eigenvalue weighted by Gasteiger charge is -2.39. The zero-order valence-electron chi connectivity index (χ0n) is 11.7. The van der Waals surface area contributed by atoms with Gasteiger partial charge in [0.2, 0.25) is 0 Å². The summed E-state index contributed by atoms with van der Waals surface area (Å²) in [6.45, 7) is 9.48. The molecule has 0 aliphatic carbocycles. The standard InChI is InChI=1S/C13H26N2O2/c1-10(9-13(4,14)11(16)17-5)15-8-6-7-12(15,2)3/h10H,6-9,14H2,1-5H3. The molecular weight excluding hydrogens is 216 g/mol. The molecule has 17 heavy (non-hydrogen) atoms. The lowest BCUT2D eigenvalue weighted by Crippen LogP contribution is -2.53. The fourth-order valence-corrected chi connectivity index (χ4v) is 2.99. The Hall–Kier alpha value is -0.610. The predicted molar refractivity (Wildman–Crippen MR) is 68.7 cm³/mol. The Morgan fingerprint density at radius 1 is 1.59 bits per heavy atom. The summed E-state index contributed by atoms with van der Waals surface area (Å²) >= 11 is 0. The van der Waals surface area contributed by atoms with Gasteiger partial charge in [0, 0.05) is 11.6 Å². The van der Waals surface area contributed by atoms with Gasteiger partial charge in [-0.05, 0) is 53.5 Å². The number of nitrogens with zero attached hydrogens (tertiary/aromatic N) is 1. The molecule has 1 fully saturated rings. The van der Waals surface area contributed by atoms with Crippen molar-refractivity contribution >= 4 is 5.97 Å². The van der Waals surface area contributed by atoms with Gasteiger partial charge in [0.05, 0.1) is 7.11 Å². The molecule has 0 aromatic rings. The number of esters is 1. The molecule has 0 saturated carbocycles. The van der Waals surface area contributed by atoms with Gasteiger partial charge in [0.1, 0.15) is 5.54 Å². The lowest BCUT2D eigenvalue weighted by molar-refractivity contribution is -0.147. The van der Waals surface area contributed by atoms with Gasteiger partial charge < -0.3 is 10.5 Å². The molecule has 1 saturated heterocycles. The molecule has 1 aliphatic heterocycles. The van der Waals surface area contributed by atoms with Crippen molar-refractivity contribution in [2.75, 3.05) is 13.7 Å². The van der Waals surface area contributed by atoms with Gasteiger partial charge in [-0.25, -0.2) is 0 Å². The quantitative estimate of drug-likeness (QED) is 0.760. The second-order valence-electron chi connectivity index (χ2n) is 6.07. The summed E-state index contributed by atoms with van der Waals surface area (Å²) < 4.78 is 4.75. The number of hydrogen-bond acceptors (Lipinski definition) is 4. The first-order valence-electron chi connectivity index (χ1n) is 6.35. The Balaban J connectivity index is 2.66. The molecule has 2 atom stereocenters. The lowest BCUT2D eigenvalue weighted by atomic mass is 9.92. The van der Waals surface area contributed by atoms with Gasteiger partial charge in [-0.2, -0.15) is 0 Å². The van der Waals surface area contributed by atoms with Crippen molar-refractivity contribution in [1.29, 1.82) is 0 Å². The van der Waals surface area contributed by atoms with Gasteiger partial charge in [-0.1, -0.05) is 0 Å². The highest BCUT2D eigenvalue weighted by atomic mass is 16.5. The zero-order chi connectivity index (χ0) is 13.3. The normalized spacial score (nSPS) is 25.3. The van der Waals surface area contributed by atoms with Gasteiger partial charge in [0.25, 0.3) is 0 Å². The van der Waals surface area contributed by atoms with E-state index in [1.807, 2.05) is 0 Å². The maximum Gasteiger partial charge on any atom is 0.325 e.